The smallest absolute Gasteiger partial charge is 0.355 e. The molecule has 2 aromatic rings. The lowest BCUT2D eigenvalue weighted by Gasteiger charge is -2.42. The average Bonchev–Trinajstić information content (AvgIpc) is 2.81. The summed E-state index contributed by atoms with van der Waals surface area (Å²) >= 11 is 0. The van der Waals surface area contributed by atoms with E-state index in [0.29, 0.717) is 11.3 Å². The molecule has 2 heterocycles. The van der Waals surface area contributed by atoms with Crippen LogP contribution >= 0.6 is 0 Å². The molecular weight excluding hydrogens is 386 g/mol. The Hall–Kier alpha value is -3.58. The van der Waals surface area contributed by atoms with Crippen molar-refractivity contribution < 1.29 is 28.5 Å². The number of fused-ring (bicyclic) bond motifs is 3. The molecule has 2 atom stereocenters. The highest BCUT2D eigenvalue weighted by Gasteiger charge is 2.44. The number of benzene rings is 2. The van der Waals surface area contributed by atoms with Gasteiger partial charge in [-0.3, -0.25) is 0 Å². The van der Waals surface area contributed by atoms with Crippen molar-refractivity contribution in [2.24, 2.45) is 0 Å². The van der Waals surface area contributed by atoms with Crippen molar-refractivity contribution in [3.8, 4) is 5.75 Å². The Bertz CT molecular complexity index is 1040. The number of ether oxygens (including phenoxy) is 4. The average molecular weight is 407 g/mol. The summed E-state index contributed by atoms with van der Waals surface area (Å²) in [6, 6.07) is 14.7. The number of esters is 2. The van der Waals surface area contributed by atoms with Crippen LogP contribution in [0.5, 0.6) is 5.75 Å². The minimum absolute atomic E-state index is 0.0795. The van der Waals surface area contributed by atoms with Gasteiger partial charge >= 0.3 is 11.9 Å². The third-order valence-electron chi connectivity index (χ3n) is 5.13. The monoisotopic (exact) mass is 407 g/mol. The molecule has 0 aromatic heterocycles. The van der Waals surface area contributed by atoms with Crippen LogP contribution in [0, 0.1) is 0 Å². The van der Waals surface area contributed by atoms with Crippen LogP contribution in [0.3, 0.4) is 0 Å². The second-order valence-electron chi connectivity index (χ2n) is 6.71. The molecule has 2 aromatic carbocycles. The highest BCUT2D eigenvalue weighted by Crippen LogP contribution is 2.43. The zero-order chi connectivity index (χ0) is 21.3. The third kappa shape index (κ3) is 3.23. The van der Waals surface area contributed by atoms with Gasteiger partial charge in [0.05, 0.1) is 27.0 Å². The standard InChI is InChI=1S/C23H21NO6/c1-27-16-11-8-15(9-12-16)21-19(22(25)28-2)20(23(26)29-3)24-17-7-5-4-6-14(17)10-13-18(24)30-21/h4-13,18,21H,1-3H3/t18-,21+/m0/s1. The van der Waals surface area contributed by atoms with Crippen molar-refractivity contribution in [2.45, 2.75) is 12.3 Å². The topological polar surface area (TPSA) is 74.3 Å². The van der Waals surface area contributed by atoms with E-state index in [1.54, 1.807) is 36.3 Å². The lowest BCUT2D eigenvalue weighted by atomic mass is 9.94. The fourth-order valence-corrected chi connectivity index (χ4v) is 3.71. The molecule has 0 N–H and O–H groups in total. The van der Waals surface area contributed by atoms with Crippen molar-refractivity contribution in [1.29, 1.82) is 0 Å². The molecular formula is C23H21NO6. The van der Waals surface area contributed by atoms with Gasteiger partial charge in [0.1, 0.15) is 23.1 Å². The Morgan fingerprint density at radius 2 is 1.63 bits per heavy atom. The van der Waals surface area contributed by atoms with Gasteiger partial charge in [0.25, 0.3) is 0 Å². The first kappa shape index (κ1) is 19.7. The van der Waals surface area contributed by atoms with E-state index in [1.165, 1.54) is 14.2 Å². The van der Waals surface area contributed by atoms with Crippen molar-refractivity contribution in [3.63, 3.8) is 0 Å². The fourth-order valence-electron chi connectivity index (χ4n) is 3.71. The maximum absolute atomic E-state index is 12.9. The number of para-hydroxylation sites is 1. The molecule has 0 radical (unpaired) electrons. The fraction of sp³-hybridized carbons (Fsp3) is 0.217. The molecule has 154 valence electrons. The van der Waals surface area contributed by atoms with E-state index in [-0.39, 0.29) is 11.3 Å². The van der Waals surface area contributed by atoms with E-state index >= 15 is 0 Å². The Morgan fingerprint density at radius 3 is 2.30 bits per heavy atom. The summed E-state index contributed by atoms with van der Waals surface area (Å²) in [5, 5.41) is 0. The van der Waals surface area contributed by atoms with Gasteiger partial charge in [0.2, 0.25) is 0 Å². The van der Waals surface area contributed by atoms with E-state index in [9.17, 15) is 9.59 Å². The summed E-state index contributed by atoms with van der Waals surface area (Å²) in [6.07, 6.45) is 2.35. The molecule has 4 rings (SSSR count). The zero-order valence-electron chi connectivity index (χ0n) is 16.8. The quantitative estimate of drug-likeness (QED) is 0.721. The van der Waals surface area contributed by atoms with E-state index in [2.05, 4.69) is 0 Å². The Kier molecular flexibility index (Phi) is 5.29. The number of hydrogen-bond donors (Lipinski definition) is 0. The van der Waals surface area contributed by atoms with Crippen LogP contribution < -0.4 is 9.64 Å². The molecule has 0 aliphatic carbocycles. The summed E-state index contributed by atoms with van der Waals surface area (Å²) in [4.78, 5) is 27.4. The summed E-state index contributed by atoms with van der Waals surface area (Å²) in [7, 11) is 4.12. The molecule has 0 unspecified atom stereocenters. The number of carbonyl (C=O) groups is 2. The molecule has 0 fully saturated rings. The minimum atomic E-state index is -0.825. The number of rotatable bonds is 4. The van der Waals surface area contributed by atoms with Gasteiger partial charge in [0, 0.05) is 0 Å². The Morgan fingerprint density at radius 1 is 0.933 bits per heavy atom. The molecule has 0 saturated carbocycles. The van der Waals surface area contributed by atoms with Gasteiger partial charge in [-0.05, 0) is 35.4 Å². The molecule has 0 bridgehead atoms. The number of methoxy groups -OCH3 is 3. The summed E-state index contributed by atoms with van der Waals surface area (Å²) in [5.41, 5.74) is 2.49. The van der Waals surface area contributed by atoms with Crippen molar-refractivity contribution in [3.05, 3.63) is 77.0 Å². The largest absolute Gasteiger partial charge is 0.497 e. The van der Waals surface area contributed by atoms with Gasteiger partial charge in [0.15, 0.2) is 6.23 Å². The van der Waals surface area contributed by atoms with E-state index in [4.69, 9.17) is 18.9 Å². The van der Waals surface area contributed by atoms with Gasteiger partial charge < -0.3 is 23.8 Å². The molecule has 0 spiro atoms. The number of carbonyl (C=O) groups excluding carboxylic acids is 2. The van der Waals surface area contributed by atoms with Crippen molar-refractivity contribution in [1.82, 2.24) is 0 Å². The Balaban J connectivity index is 1.94. The second kappa shape index (κ2) is 8.04. The molecule has 0 amide bonds. The van der Waals surface area contributed by atoms with Crippen LogP contribution in [0.1, 0.15) is 17.2 Å². The number of hydrogen-bond acceptors (Lipinski definition) is 7. The molecule has 7 nitrogen and oxygen atoms in total. The lowest BCUT2D eigenvalue weighted by Crippen LogP contribution is -2.47. The summed E-state index contributed by atoms with van der Waals surface area (Å²) < 4.78 is 21.6. The predicted octanol–water partition coefficient (Wildman–Crippen LogP) is 3.23. The van der Waals surface area contributed by atoms with Crippen LogP contribution in [0.2, 0.25) is 0 Å². The second-order valence-corrected chi connectivity index (χ2v) is 6.71. The van der Waals surface area contributed by atoms with E-state index in [1.807, 2.05) is 36.4 Å². The first-order valence-electron chi connectivity index (χ1n) is 9.35. The first-order valence-corrected chi connectivity index (χ1v) is 9.35. The Labute approximate surface area is 174 Å². The van der Waals surface area contributed by atoms with Gasteiger partial charge in [-0.25, -0.2) is 9.59 Å². The number of anilines is 1. The van der Waals surface area contributed by atoms with Gasteiger partial charge in [-0.1, -0.05) is 36.4 Å². The maximum atomic E-state index is 12.9. The van der Waals surface area contributed by atoms with Crippen molar-refractivity contribution in [2.75, 3.05) is 26.2 Å². The van der Waals surface area contributed by atoms with Crippen LogP contribution in [-0.2, 0) is 23.8 Å². The first-order chi connectivity index (χ1) is 14.6. The molecule has 2 aliphatic rings. The maximum Gasteiger partial charge on any atom is 0.355 e. The SMILES string of the molecule is COC(=O)C1=C(C(=O)OC)N2c3ccccc3C=C[C@@H]2O[C@@H]1c1ccc(OC)cc1. The summed E-state index contributed by atoms with van der Waals surface area (Å²) in [6.45, 7) is 0. The third-order valence-corrected chi connectivity index (χ3v) is 5.13. The number of nitrogens with zero attached hydrogens (tertiary/aromatic N) is 1. The van der Waals surface area contributed by atoms with Crippen LogP contribution in [-0.4, -0.2) is 39.5 Å². The van der Waals surface area contributed by atoms with Crippen LogP contribution in [0.15, 0.2) is 65.9 Å². The molecule has 0 saturated heterocycles. The van der Waals surface area contributed by atoms with Crippen LogP contribution in [0.25, 0.3) is 6.08 Å². The summed E-state index contributed by atoms with van der Waals surface area (Å²) in [5.74, 6) is -0.645. The minimum Gasteiger partial charge on any atom is -0.497 e. The van der Waals surface area contributed by atoms with Gasteiger partial charge in [-0.2, -0.15) is 0 Å². The lowest BCUT2D eigenvalue weighted by molar-refractivity contribution is -0.142. The highest BCUT2D eigenvalue weighted by atomic mass is 16.5. The van der Waals surface area contributed by atoms with E-state index in [0.717, 1.165) is 11.3 Å². The van der Waals surface area contributed by atoms with Crippen LogP contribution in [0.4, 0.5) is 5.69 Å². The molecule has 30 heavy (non-hydrogen) atoms. The van der Waals surface area contributed by atoms with Crippen molar-refractivity contribution >= 4 is 23.7 Å². The highest BCUT2D eigenvalue weighted by molar-refractivity contribution is 6.05. The molecule has 7 heteroatoms. The predicted molar refractivity (Wildman–Crippen MR) is 110 cm³/mol. The zero-order valence-corrected chi connectivity index (χ0v) is 16.8. The normalized spacial score (nSPS) is 19.6. The van der Waals surface area contributed by atoms with Gasteiger partial charge in [-0.15, -0.1) is 0 Å². The molecule has 2 aliphatic heterocycles. The van der Waals surface area contributed by atoms with E-state index < -0.39 is 24.3 Å².